The van der Waals surface area contributed by atoms with Gasteiger partial charge in [0.1, 0.15) is 22.7 Å². The standard InChI is InChI=1S/C30H26BrN9O2/c1-2-27-28(29(36-42-27)20-8-10-21(31)11-9-20)30(41)38-12-13-40-26(18-38)23(15-32-40)25-17-39(37-35-25)16-22-14-24(34-33-22)19-6-4-3-5-7-19/h3-11,14-15,17H,2,12-13,16,18H2,1H3,(H,33,34). The van der Waals surface area contributed by atoms with Gasteiger partial charge in [0.25, 0.3) is 5.91 Å². The number of carbonyl (C=O) groups is 1. The molecule has 0 saturated carbocycles. The Labute approximate surface area is 249 Å². The fourth-order valence-corrected chi connectivity index (χ4v) is 5.52. The topological polar surface area (TPSA) is 124 Å². The second kappa shape index (κ2) is 10.9. The number of nitrogens with zero attached hydrogens (tertiary/aromatic N) is 8. The van der Waals surface area contributed by atoms with Crippen molar-refractivity contribution >= 4 is 21.8 Å². The van der Waals surface area contributed by atoms with E-state index in [9.17, 15) is 4.79 Å². The summed E-state index contributed by atoms with van der Waals surface area (Å²) in [6.07, 6.45) is 4.25. The summed E-state index contributed by atoms with van der Waals surface area (Å²) in [6.45, 7) is 3.94. The Hall–Kier alpha value is -4.84. The molecule has 1 aliphatic heterocycles. The van der Waals surface area contributed by atoms with Crippen LogP contribution >= 0.6 is 15.9 Å². The number of hydrogen-bond donors (Lipinski definition) is 1. The van der Waals surface area contributed by atoms with Gasteiger partial charge in [0.15, 0.2) is 0 Å². The highest BCUT2D eigenvalue weighted by Crippen LogP contribution is 2.31. The van der Waals surface area contributed by atoms with E-state index < -0.39 is 0 Å². The summed E-state index contributed by atoms with van der Waals surface area (Å²) >= 11 is 3.47. The molecule has 0 unspecified atom stereocenters. The number of benzene rings is 2. The summed E-state index contributed by atoms with van der Waals surface area (Å²) in [5, 5.41) is 25.2. The van der Waals surface area contributed by atoms with E-state index in [1.807, 2.05) is 83.4 Å². The molecule has 0 bridgehead atoms. The lowest BCUT2D eigenvalue weighted by molar-refractivity contribution is 0.0705. The highest BCUT2D eigenvalue weighted by atomic mass is 79.9. The number of carbonyl (C=O) groups excluding carboxylic acids is 1. The van der Waals surface area contributed by atoms with Crippen LogP contribution in [0.4, 0.5) is 0 Å². The number of aryl methyl sites for hydroxylation is 1. The average molecular weight is 625 g/mol. The van der Waals surface area contributed by atoms with Crippen LogP contribution in [0.5, 0.6) is 0 Å². The second-order valence-corrected chi connectivity index (χ2v) is 11.0. The van der Waals surface area contributed by atoms with Crippen molar-refractivity contribution in [2.24, 2.45) is 0 Å². The Morgan fingerprint density at radius 3 is 2.69 bits per heavy atom. The quantitative estimate of drug-likeness (QED) is 0.259. The summed E-state index contributed by atoms with van der Waals surface area (Å²) in [5.41, 5.74) is 7.20. The van der Waals surface area contributed by atoms with Crippen LogP contribution < -0.4 is 0 Å². The fourth-order valence-electron chi connectivity index (χ4n) is 5.25. The van der Waals surface area contributed by atoms with Crippen molar-refractivity contribution in [3.63, 3.8) is 0 Å². The molecule has 0 fully saturated rings. The maximum atomic E-state index is 13.9. The molecule has 12 heteroatoms. The molecule has 2 aromatic carbocycles. The third-order valence-corrected chi connectivity index (χ3v) is 7.95. The first-order valence-electron chi connectivity index (χ1n) is 13.7. The second-order valence-electron chi connectivity index (χ2n) is 10.1. The van der Waals surface area contributed by atoms with Crippen LogP contribution in [-0.2, 0) is 26.1 Å². The molecule has 42 heavy (non-hydrogen) atoms. The Kier molecular flexibility index (Phi) is 6.74. The van der Waals surface area contributed by atoms with Crippen LogP contribution in [0.2, 0.25) is 0 Å². The molecule has 6 aromatic rings. The largest absolute Gasteiger partial charge is 0.360 e. The Morgan fingerprint density at radius 2 is 1.88 bits per heavy atom. The summed E-state index contributed by atoms with van der Waals surface area (Å²) < 4.78 is 10.3. The summed E-state index contributed by atoms with van der Waals surface area (Å²) in [6, 6.07) is 19.7. The highest BCUT2D eigenvalue weighted by molar-refractivity contribution is 9.10. The van der Waals surface area contributed by atoms with Crippen LogP contribution in [0.25, 0.3) is 33.8 Å². The van der Waals surface area contributed by atoms with Gasteiger partial charge < -0.3 is 9.42 Å². The van der Waals surface area contributed by atoms with Crippen molar-refractivity contribution < 1.29 is 9.32 Å². The number of H-pyrrole nitrogens is 1. The summed E-state index contributed by atoms with van der Waals surface area (Å²) in [7, 11) is 0. The first-order chi connectivity index (χ1) is 20.6. The Bertz CT molecular complexity index is 1870. The predicted molar refractivity (Wildman–Crippen MR) is 158 cm³/mol. The number of fused-ring (bicyclic) bond motifs is 1. The predicted octanol–water partition coefficient (Wildman–Crippen LogP) is 5.22. The number of halogens is 1. The van der Waals surface area contributed by atoms with E-state index in [1.54, 1.807) is 10.9 Å². The minimum Gasteiger partial charge on any atom is -0.360 e. The van der Waals surface area contributed by atoms with Crippen LogP contribution in [0.1, 0.15) is 34.4 Å². The minimum absolute atomic E-state index is 0.110. The van der Waals surface area contributed by atoms with Crippen molar-refractivity contribution in [3.05, 3.63) is 100 Å². The van der Waals surface area contributed by atoms with E-state index in [1.165, 1.54) is 0 Å². The molecule has 0 spiro atoms. The summed E-state index contributed by atoms with van der Waals surface area (Å²) in [4.78, 5) is 15.8. The van der Waals surface area contributed by atoms with E-state index in [2.05, 4.69) is 46.7 Å². The normalized spacial score (nSPS) is 13.0. The van der Waals surface area contributed by atoms with Crippen LogP contribution in [0.15, 0.2) is 82.1 Å². The van der Waals surface area contributed by atoms with Crippen molar-refractivity contribution in [2.75, 3.05) is 6.54 Å². The number of rotatable bonds is 7. The minimum atomic E-state index is -0.110. The Morgan fingerprint density at radius 1 is 1.05 bits per heavy atom. The first kappa shape index (κ1) is 26.1. The molecular weight excluding hydrogens is 598 g/mol. The lowest BCUT2D eigenvalue weighted by Gasteiger charge is -2.28. The molecule has 0 aliphatic carbocycles. The molecule has 0 atom stereocenters. The number of nitrogens with one attached hydrogen (secondary N) is 1. The van der Waals surface area contributed by atoms with E-state index >= 15 is 0 Å². The zero-order valence-corrected chi connectivity index (χ0v) is 24.3. The van der Waals surface area contributed by atoms with Gasteiger partial charge in [0.2, 0.25) is 0 Å². The van der Waals surface area contributed by atoms with Gasteiger partial charge >= 0.3 is 0 Å². The molecule has 7 rings (SSSR count). The third-order valence-electron chi connectivity index (χ3n) is 7.42. The van der Waals surface area contributed by atoms with E-state index in [0.29, 0.717) is 55.3 Å². The smallest absolute Gasteiger partial charge is 0.260 e. The number of hydrogen-bond acceptors (Lipinski definition) is 7. The Balaban J connectivity index is 1.12. The molecule has 1 aliphatic rings. The van der Waals surface area contributed by atoms with Crippen molar-refractivity contribution in [3.8, 4) is 33.8 Å². The van der Waals surface area contributed by atoms with Gasteiger partial charge in [-0.3, -0.25) is 14.6 Å². The lowest BCUT2D eigenvalue weighted by atomic mass is 10.0. The van der Waals surface area contributed by atoms with Gasteiger partial charge in [-0.05, 0) is 18.2 Å². The fraction of sp³-hybridized carbons (Fsp3) is 0.200. The molecule has 5 heterocycles. The van der Waals surface area contributed by atoms with Crippen LogP contribution in [0, 0.1) is 0 Å². The molecule has 1 amide bonds. The van der Waals surface area contributed by atoms with Gasteiger partial charge in [-0.2, -0.15) is 10.2 Å². The van der Waals surface area contributed by atoms with Crippen molar-refractivity contribution in [1.82, 2.24) is 45.0 Å². The number of amides is 1. The third kappa shape index (κ3) is 4.83. The maximum Gasteiger partial charge on any atom is 0.260 e. The van der Waals surface area contributed by atoms with Gasteiger partial charge in [-0.1, -0.05) is 75.7 Å². The van der Waals surface area contributed by atoms with E-state index in [0.717, 1.165) is 38.2 Å². The average Bonchev–Trinajstić information content (AvgIpc) is 3.83. The highest BCUT2D eigenvalue weighted by Gasteiger charge is 2.31. The van der Waals surface area contributed by atoms with Crippen LogP contribution in [-0.4, -0.2) is 57.5 Å². The van der Waals surface area contributed by atoms with Crippen molar-refractivity contribution in [1.29, 1.82) is 0 Å². The van der Waals surface area contributed by atoms with Gasteiger partial charge in [0.05, 0.1) is 49.1 Å². The van der Waals surface area contributed by atoms with E-state index in [-0.39, 0.29) is 5.91 Å². The lowest BCUT2D eigenvalue weighted by Crippen LogP contribution is -2.39. The zero-order chi connectivity index (χ0) is 28.6. The van der Waals surface area contributed by atoms with Crippen molar-refractivity contribution in [2.45, 2.75) is 33.0 Å². The molecule has 4 aromatic heterocycles. The molecular formula is C30H26BrN9O2. The molecule has 0 radical (unpaired) electrons. The van der Waals surface area contributed by atoms with Gasteiger partial charge in [-0.15, -0.1) is 5.10 Å². The number of aromatic nitrogens is 8. The molecule has 11 nitrogen and oxygen atoms in total. The SMILES string of the molecule is CCc1onc(-c2ccc(Br)cc2)c1C(=O)N1CCn2ncc(-c3cn(Cc4cc(-c5ccccc5)n[nH]4)nn3)c2C1. The molecule has 0 saturated heterocycles. The zero-order valence-electron chi connectivity index (χ0n) is 22.7. The maximum absolute atomic E-state index is 13.9. The monoisotopic (exact) mass is 623 g/mol. The van der Waals surface area contributed by atoms with Crippen LogP contribution in [0.3, 0.4) is 0 Å². The molecule has 1 N–H and O–H groups in total. The van der Waals surface area contributed by atoms with Gasteiger partial charge in [0, 0.05) is 34.1 Å². The summed E-state index contributed by atoms with van der Waals surface area (Å²) in [5.74, 6) is 0.468. The molecule has 210 valence electrons. The van der Waals surface area contributed by atoms with E-state index in [4.69, 9.17) is 4.52 Å². The van der Waals surface area contributed by atoms with Gasteiger partial charge in [-0.25, -0.2) is 4.68 Å². The number of aromatic amines is 1. The first-order valence-corrected chi connectivity index (χ1v) is 14.5.